The maximum absolute atomic E-state index is 11.4. The van der Waals surface area contributed by atoms with Crippen LogP contribution < -0.4 is 5.32 Å². The fourth-order valence-electron chi connectivity index (χ4n) is 1.50. The fourth-order valence-corrected chi connectivity index (χ4v) is 1.50. The second-order valence-electron chi connectivity index (χ2n) is 3.86. The van der Waals surface area contributed by atoms with Gasteiger partial charge in [0.25, 0.3) is 0 Å². The van der Waals surface area contributed by atoms with Crippen molar-refractivity contribution < 1.29 is 9.53 Å². The molecule has 2 rings (SSSR count). The van der Waals surface area contributed by atoms with Crippen molar-refractivity contribution in [1.82, 2.24) is 0 Å². The number of hydrogen-bond acceptors (Lipinski definition) is 3. The number of nitrogens with one attached hydrogen (secondary N) is 1. The molecular weight excluding hydrogens is 190 g/mol. The van der Waals surface area contributed by atoms with E-state index in [9.17, 15) is 4.79 Å². The molecule has 0 spiro atoms. The van der Waals surface area contributed by atoms with Crippen molar-refractivity contribution in [2.75, 3.05) is 19.0 Å². The molecule has 1 aromatic carbocycles. The molecule has 3 heteroatoms. The SMILES string of the molecule is COC(=O)c1ccccc1NCC1CC1. The van der Waals surface area contributed by atoms with Crippen LogP contribution in [0, 0.1) is 5.92 Å². The normalized spacial score (nSPS) is 14.7. The summed E-state index contributed by atoms with van der Waals surface area (Å²) in [5.41, 5.74) is 1.48. The molecule has 0 saturated heterocycles. The highest BCUT2D eigenvalue weighted by molar-refractivity contribution is 5.95. The summed E-state index contributed by atoms with van der Waals surface area (Å²) in [6.45, 7) is 0.952. The number of para-hydroxylation sites is 1. The minimum absolute atomic E-state index is 0.283. The Morgan fingerprint density at radius 1 is 1.47 bits per heavy atom. The Labute approximate surface area is 89.4 Å². The van der Waals surface area contributed by atoms with Crippen molar-refractivity contribution in [3.05, 3.63) is 29.8 Å². The Morgan fingerprint density at radius 2 is 2.20 bits per heavy atom. The summed E-state index contributed by atoms with van der Waals surface area (Å²) in [4.78, 5) is 11.4. The minimum Gasteiger partial charge on any atom is -0.465 e. The number of methoxy groups -OCH3 is 1. The van der Waals surface area contributed by atoms with E-state index in [0.29, 0.717) is 5.56 Å². The average Bonchev–Trinajstić information content (AvgIpc) is 3.09. The molecule has 1 fully saturated rings. The fraction of sp³-hybridized carbons (Fsp3) is 0.417. The molecule has 1 aromatic rings. The van der Waals surface area contributed by atoms with E-state index in [2.05, 4.69) is 5.32 Å². The highest BCUT2D eigenvalue weighted by atomic mass is 16.5. The zero-order valence-corrected chi connectivity index (χ0v) is 8.82. The van der Waals surface area contributed by atoms with Gasteiger partial charge in [-0.15, -0.1) is 0 Å². The topological polar surface area (TPSA) is 38.3 Å². The third kappa shape index (κ3) is 2.49. The molecule has 0 amide bonds. The second-order valence-corrected chi connectivity index (χ2v) is 3.86. The molecule has 0 atom stereocenters. The molecule has 0 unspecified atom stereocenters. The summed E-state index contributed by atoms with van der Waals surface area (Å²) in [7, 11) is 1.40. The lowest BCUT2D eigenvalue weighted by atomic mass is 10.2. The van der Waals surface area contributed by atoms with E-state index in [1.807, 2.05) is 18.2 Å². The summed E-state index contributed by atoms with van der Waals surface area (Å²) in [5.74, 6) is 0.504. The zero-order valence-electron chi connectivity index (χ0n) is 8.82. The first-order valence-electron chi connectivity index (χ1n) is 5.22. The first kappa shape index (κ1) is 10.0. The molecule has 80 valence electrons. The van der Waals surface area contributed by atoms with E-state index in [-0.39, 0.29) is 5.97 Å². The van der Waals surface area contributed by atoms with Crippen LogP contribution in [-0.4, -0.2) is 19.6 Å². The molecule has 0 heterocycles. The van der Waals surface area contributed by atoms with Crippen molar-refractivity contribution in [3.8, 4) is 0 Å². The van der Waals surface area contributed by atoms with Crippen LogP contribution in [0.1, 0.15) is 23.2 Å². The number of benzene rings is 1. The predicted octanol–water partition coefficient (Wildman–Crippen LogP) is 2.30. The largest absolute Gasteiger partial charge is 0.465 e. The van der Waals surface area contributed by atoms with Gasteiger partial charge in [-0.25, -0.2) is 4.79 Å². The van der Waals surface area contributed by atoms with Gasteiger partial charge < -0.3 is 10.1 Å². The molecule has 0 aliphatic heterocycles. The monoisotopic (exact) mass is 205 g/mol. The summed E-state index contributed by atoms with van der Waals surface area (Å²) in [6.07, 6.45) is 2.60. The highest BCUT2D eigenvalue weighted by Crippen LogP contribution is 2.29. The van der Waals surface area contributed by atoms with Gasteiger partial charge in [0.15, 0.2) is 0 Å². The lowest BCUT2D eigenvalue weighted by Gasteiger charge is -2.09. The molecule has 0 radical (unpaired) electrons. The van der Waals surface area contributed by atoms with E-state index in [1.165, 1.54) is 20.0 Å². The van der Waals surface area contributed by atoms with Crippen LogP contribution in [0.5, 0.6) is 0 Å². The molecule has 1 saturated carbocycles. The Morgan fingerprint density at radius 3 is 2.87 bits per heavy atom. The van der Waals surface area contributed by atoms with Crippen molar-refractivity contribution in [3.63, 3.8) is 0 Å². The van der Waals surface area contributed by atoms with Crippen molar-refractivity contribution >= 4 is 11.7 Å². The van der Waals surface area contributed by atoms with Crippen molar-refractivity contribution in [1.29, 1.82) is 0 Å². The molecule has 1 aliphatic rings. The van der Waals surface area contributed by atoms with Crippen LogP contribution in [0.25, 0.3) is 0 Å². The number of ether oxygens (including phenoxy) is 1. The maximum Gasteiger partial charge on any atom is 0.339 e. The van der Waals surface area contributed by atoms with E-state index in [4.69, 9.17) is 4.74 Å². The van der Waals surface area contributed by atoms with Gasteiger partial charge >= 0.3 is 5.97 Å². The zero-order chi connectivity index (χ0) is 10.7. The lowest BCUT2D eigenvalue weighted by Crippen LogP contribution is -2.09. The third-order valence-corrected chi connectivity index (χ3v) is 2.61. The van der Waals surface area contributed by atoms with Gasteiger partial charge in [-0.2, -0.15) is 0 Å². The molecule has 0 aromatic heterocycles. The number of rotatable bonds is 4. The van der Waals surface area contributed by atoms with Gasteiger partial charge in [0, 0.05) is 12.2 Å². The molecular formula is C12H15NO2. The predicted molar refractivity (Wildman–Crippen MR) is 59.0 cm³/mol. The average molecular weight is 205 g/mol. The minimum atomic E-state index is -0.283. The lowest BCUT2D eigenvalue weighted by molar-refractivity contribution is 0.0602. The summed E-state index contributed by atoms with van der Waals surface area (Å²) in [6, 6.07) is 7.45. The number of anilines is 1. The van der Waals surface area contributed by atoms with Gasteiger partial charge in [-0.05, 0) is 30.9 Å². The van der Waals surface area contributed by atoms with E-state index in [1.54, 1.807) is 6.07 Å². The van der Waals surface area contributed by atoms with Crippen LogP contribution in [-0.2, 0) is 4.74 Å². The third-order valence-electron chi connectivity index (χ3n) is 2.61. The number of hydrogen-bond donors (Lipinski definition) is 1. The van der Waals surface area contributed by atoms with Crippen LogP contribution in [0.3, 0.4) is 0 Å². The number of carbonyl (C=O) groups excluding carboxylic acids is 1. The van der Waals surface area contributed by atoms with Crippen LogP contribution in [0.15, 0.2) is 24.3 Å². The Bertz CT molecular complexity index is 358. The Kier molecular flexibility index (Phi) is 2.90. The highest BCUT2D eigenvalue weighted by Gasteiger charge is 2.21. The first-order chi connectivity index (χ1) is 7.31. The number of esters is 1. The van der Waals surface area contributed by atoms with E-state index in [0.717, 1.165) is 18.2 Å². The van der Waals surface area contributed by atoms with Crippen LogP contribution in [0.2, 0.25) is 0 Å². The van der Waals surface area contributed by atoms with Crippen LogP contribution >= 0.6 is 0 Å². The maximum atomic E-state index is 11.4. The first-order valence-corrected chi connectivity index (χ1v) is 5.22. The molecule has 15 heavy (non-hydrogen) atoms. The molecule has 0 bridgehead atoms. The second kappa shape index (κ2) is 4.34. The standard InChI is InChI=1S/C12H15NO2/c1-15-12(14)10-4-2-3-5-11(10)13-8-9-6-7-9/h2-5,9,13H,6-8H2,1H3. The number of carbonyl (C=O) groups is 1. The summed E-state index contributed by atoms with van der Waals surface area (Å²) in [5, 5.41) is 3.29. The molecule has 1 N–H and O–H groups in total. The Hall–Kier alpha value is -1.51. The molecule has 3 nitrogen and oxygen atoms in total. The van der Waals surface area contributed by atoms with E-state index >= 15 is 0 Å². The van der Waals surface area contributed by atoms with Gasteiger partial charge in [0.1, 0.15) is 0 Å². The van der Waals surface area contributed by atoms with Gasteiger partial charge in [-0.3, -0.25) is 0 Å². The van der Waals surface area contributed by atoms with Gasteiger partial charge in [0.2, 0.25) is 0 Å². The smallest absolute Gasteiger partial charge is 0.339 e. The van der Waals surface area contributed by atoms with Crippen molar-refractivity contribution in [2.24, 2.45) is 5.92 Å². The molecule has 1 aliphatic carbocycles. The van der Waals surface area contributed by atoms with Crippen LogP contribution in [0.4, 0.5) is 5.69 Å². The van der Waals surface area contributed by atoms with E-state index < -0.39 is 0 Å². The summed E-state index contributed by atoms with van der Waals surface area (Å²) >= 11 is 0. The Balaban J connectivity index is 2.09. The van der Waals surface area contributed by atoms with Gasteiger partial charge in [-0.1, -0.05) is 12.1 Å². The van der Waals surface area contributed by atoms with Crippen molar-refractivity contribution in [2.45, 2.75) is 12.8 Å². The summed E-state index contributed by atoms with van der Waals surface area (Å²) < 4.78 is 4.72. The van der Waals surface area contributed by atoms with Gasteiger partial charge in [0.05, 0.1) is 12.7 Å². The quantitative estimate of drug-likeness (QED) is 0.766.